The second kappa shape index (κ2) is 7.81. The minimum Gasteiger partial charge on any atom is -0.387 e. The predicted octanol–water partition coefficient (Wildman–Crippen LogP) is 3.80. The number of aliphatic imine (C=N–C) groups is 1. The Morgan fingerprint density at radius 2 is 1.96 bits per heavy atom. The maximum atomic E-state index is 13.0. The number of hydrogen-bond acceptors (Lipinski definition) is 4. The first kappa shape index (κ1) is 17.6. The Bertz CT molecular complexity index is 741. The van der Waals surface area contributed by atoms with E-state index in [1.807, 2.05) is 19.9 Å². The quantitative estimate of drug-likeness (QED) is 0.884. The zero-order chi connectivity index (χ0) is 19.5. The molecule has 5 nitrogen and oxygen atoms in total. The van der Waals surface area contributed by atoms with E-state index in [1.165, 1.54) is 0 Å². The number of nitrogens with two attached hydrogens (primary N) is 1. The Morgan fingerprint density at radius 3 is 2.52 bits per heavy atom. The van der Waals surface area contributed by atoms with Gasteiger partial charge in [-0.15, -0.1) is 0 Å². The molecule has 1 aromatic rings. The van der Waals surface area contributed by atoms with Crippen LogP contribution >= 0.6 is 0 Å². The van der Waals surface area contributed by atoms with Crippen LogP contribution in [0.25, 0.3) is 6.05 Å². The smallest absolute Gasteiger partial charge is 0.250 e. The maximum absolute atomic E-state index is 13.0. The van der Waals surface area contributed by atoms with E-state index in [-0.39, 0.29) is 23.8 Å². The molecule has 0 atom stereocenters. The second-order valence-corrected chi connectivity index (χ2v) is 7.52. The molecule has 0 aromatic carbocycles. The maximum Gasteiger partial charge on any atom is 0.250 e. The molecule has 1 aromatic heterocycles. The molecular weight excluding hydrogens is 312 g/mol. The van der Waals surface area contributed by atoms with Crippen LogP contribution in [0.15, 0.2) is 22.8 Å². The summed E-state index contributed by atoms with van der Waals surface area (Å²) < 4.78 is 8.60. The van der Waals surface area contributed by atoms with Crippen molar-refractivity contribution in [3.05, 3.63) is 29.1 Å². The fourth-order valence-electron chi connectivity index (χ4n) is 2.78. The minimum absolute atomic E-state index is 0.0811. The number of nitrogens with zero attached hydrogens (tertiary/aromatic N) is 3. The van der Waals surface area contributed by atoms with E-state index in [0.717, 1.165) is 18.4 Å². The normalized spacial score (nSPS) is 15.2. The lowest BCUT2D eigenvalue weighted by molar-refractivity contribution is -0.127. The number of fused-ring (bicyclic) bond motifs is 1. The summed E-state index contributed by atoms with van der Waals surface area (Å²) >= 11 is 0. The first-order valence-electron chi connectivity index (χ1n) is 9.52. The van der Waals surface area contributed by atoms with E-state index >= 15 is 0 Å². The molecule has 2 rings (SSSR count). The van der Waals surface area contributed by atoms with Gasteiger partial charge in [-0.25, -0.2) is 4.99 Å². The summed E-state index contributed by atoms with van der Waals surface area (Å²) in [6.45, 7) is 11.7. The van der Waals surface area contributed by atoms with Crippen molar-refractivity contribution in [2.75, 3.05) is 13.1 Å². The third kappa shape index (κ3) is 4.68. The van der Waals surface area contributed by atoms with Crippen molar-refractivity contribution in [3.8, 4) is 0 Å². The molecule has 1 aliphatic heterocycles. The number of pyridine rings is 1. The van der Waals surface area contributed by atoms with Crippen LogP contribution in [0.1, 0.15) is 66.5 Å². The molecule has 25 heavy (non-hydrogen) atoms. The molecule has 2 N–H and O–H groups in total. The van der Waals surface area contributed by atoms with E-state index < -0.39 is 0 Å². The summed E-state index contributed by atoms with van der Waals surface area (Å²) in [5, 5.41) is 0. The molecule has 0 unspecified atom stereocenters. The van der Waals surface area contributed by atoms with Gasteiger partial charge in [-0.05, 0) is 35.9 Å². The molecule has 1 aliphatic rings. The Balaban J connectivity index is 2.53. The molecule has 0 saturated carbocycles. The third-order valence-corrected chi connectivity index (χ3v) is 4.16. The Morgan fingerprint density at radius 1 is 1.32 bits per heavy atom. The van der Waals surface area contributed by atoms with Gasteiger partial charge in [0.05, 0.1) is 12.8 Å². The molecule has 1 amide bonds. The van der Waals surface area contributed by atoms with Gasteiger partial charge < -0.3 is 10.6 Å². The summed E-state index contributed by atoms with van der Waals surface area (Å²) in [6, 6.07) is 2.05. The minimum atomic E-state index is -0.133. The van der Waals surface area contributed by atoms with Gasteiger partial charge in [0.15, 0.2) is 0 Å². The molecule has 5 heteroatoms. The molecule has 136 valence electrons. The standard InChI is InChI=1S/C20H30N4O/c1-6-8-24(9-7-2)19(25)14-10-16-17(23-18(21)11-14)12-15(13-22-16)20(3,4)5/h10,12-13H,6-9,11H2,1-5H3,(H2,21,23)/i10D. The van der Waals surface area contributed by atoms with Crippen molar-refractivity contribution in [2.24, 2.45) is 10.7 Å². The van der Waals surface area contributed by atoms with E-state index in [4.69, 9.17) is 7.10 Å². The molecule has 0 spiro atoms. The third-order valence-electron chi connectivity index (χ3n) is 4.16. The van der Waals surface area contributed by atoms with Gasteiger partial charge in [0, 0.05) is 31.3 Å². The highest BCUT2D eigenvalue weighted by Gasteiger charge is 2.22. The van der Waals surface area contributed by atoms with Crippen LogP contribution in [0.5, 0.6) is 0 Å². The SMILES string of the molecule is [2H]C1=C(C(=O)N(CCC)CCC)CC(N)=Nc2cc(C(C)(C)C)cnc21. The highest BCUT2D eigenvalue weighted by atomic mass is 16.2. The Kier molecular flexibility index (Phi) is 5.51. The van der Waals surface area contributed by atoms with Gasteiger partial charge in [-0.2, -0.15) is 0 Å². The second-order valence-electron chi connectivity index (χ2n) is 7.52. The monoisotopic (exact) mass is 343 g/mol. The average molecular weight is 343 g/mol. The number of hydrogen-bond donors (Lipinski definition) is 1. The summed E-state index contributed by atoms with van der Waals surface area (Å²) in [5.41, 5.74) is 8.40. The van der Waals surface area contributed by atoms with Crippen LogP contribution in [0.3, 0.4) is 0 Å². The summed E-state index contributed by atoms with van der Waals surface area (Å²) in [4.78, 5) is 23.7. The van der Waals surface area contributed by atoms with Crippen molar-refractivity contribution >= 4 is 23.5 Å². The van der Waals surface area contributed by atoms with E-state index in [0.29, 0.717) is 35.9 Å². The van der Waals surface area contributed by atoms with E-state index in [2.05, 4.69) is 30.7 Å². The van der Waals surface area contributed by atoms with Crippen LogP contribution in [0.4, 0.5) is 5.69 Å². The van der Waals surface area contributed by atoms with Crippen LogP contribution in [0.2, 0.25) is 0 Å². The zero-order valence-electron chi connectivity index (χ0n) is 17.0. The highest BCUT2D eigenvalue weighted by molar-refractivity contribution is 6.05. The fraction of sp³-hybridized carbons (Fsp3) is 0.550. The lowest BCUT2D eigenvalue weighted by Gasteiger charge is -2.22. The van der Waals surface area contributed by atoms with Gasteiger partial charge in [-0.1, -0.05) is 34.6 Å². The average Bonchev–Trinajstić information content (AvgIpc) is 2.69. The van der Waals surface area contributed by atoms with Gasteiger partial charge >= 0.3 is 0 Å². The van der Waals surface area contributed by atoms with Crippen molar-refractivity contribution in [3.63, 3.8) is 0 Å². The zero-order valence-corrected chi connectivity index (χ0v) is 16.0. The number of aromatic nitrogens is 1. The predicted molar refractivity (Wildman–Crippen MR) is 104 cm³/mol. The molecule has 0 aliphatic carbocycles. The van der Waals surface area contributed by atoms with Gasteiger partial charge in [0.1, 0.15) is 5.84 Å². The lowest BCUT2D eigenvalue weighted by atomic mass is 9.88. The number of amidine groups is 1. The van der Waals surface area contributed by atoms with E-state index in [9.17, 15) is 4.79 Å². The number of carbonyl (C=O) groups is 1. The topological polar surface area (TPSA) is 71.6 Å². The van der Waals surface area contributed by atoms with Crippen LogP contribution in [0, 0.1) is 0 Å². The van der Waals surface area contributed by atoms with Crippen molar-refractivity contribution in [1.29, 1.82) is 0 Å². The van der Waals surface area contributed by atoms with Crippen molar-refractivity contribution < 1.29 is 6.17 Å². The van der Waals surface area contributed by atoms with Crippen molar-refractivity contribution in [1.82, 2.24) is 9.88 Å². The first-order chi connectivity index (χ1) is 12.2. The number of rotatable bonds is 5. The van der Waals surface area contributed by atoms with Gasteiger partial charge in [0.2, 0.25) is 5.91 Å². The van der Waals surface area contributed by atoms with Crippen LogP contribution in [-0.2, 0) is 10.2 Å². The Hall–Kier alpha value is -2.17. The Labute approximate surface area is 152 Å². The van der Waals surface area contributed by atoms with Crippen LogP contribution in [-0.4, -0.2) is 34.7 Å². The van der Waals surface area contributed by atoms with E-state index in [1.54, 1.807) is 11.1 Å². The summed E-state index contributed by atoms with van der Waals surface area (Å²) in [7, 11) is 0. The highest BCUT2D eigenvalue weighted by Crippen LogP contribution is 2.30. The van der Waals surface area contributed by atoms with Crippen LogP contribution < -0.4 is 5.73 Å². The molecule has 2 heterocycles. The van der Waals surface area contributed by atoms with Gasteiger partial charge in [0.25, 0.3) is 0 Å². The molecule has 0 radical (unpaired) electrons. The lowest BCUT2D eigenvalue weighted by Crippen LogP contribution is -2.34. The number of amides is 1. The van der Waals surface area contributed by atoms with Crippen molar-refractivity contribution in [2.45, 2.75) is 59.3 Å². The molecule has 0 fully saturated rings. The molecule has 0 saturated heterocycles. The molecule has 0 bridgehead atoms. The first-order valence-corrected chi connectivity index (χ1v) is 9.02. The number of carbonyl (C=O) groups excluding carboxylic acids is 1. The summed E-state index contributed by atoms with van der Waals surface area (Å²) in [6.07, 6.45) is 3.70. The van der Waals surface area contributed by atoms with Gasteiger partial charge in [-0.3, -0.25) is 9.78 Å². The largest absolute Gasteiger partial charge is 0.387 e. The fourth-order valence-corrected chi connectivity index (χ4v) is 2.78. The molecular formula is C20H30N4O. The summed E-state index contributed by atoms with van der Waals surface area (Å²) in [5.74, 6) is 0.212.